The van der Waals surface area contributed by atoms with Gasteiger partial charge in [-0.05, 0) is 41.1 Å². The van der Waals surface area contributed by atoms with Gasteiger partial charge in [-0.25, -0.2) is 9.79 Å². The van der Waals surface area contributed by atoms with Gasteiger partial charge in [0.05, 0.1) is 17.7 Å². The van der Waals surface area contributed by atoms with Gasteiger partial charge < -0.3 is 9.47 Å². The van der Waals surface area contributed by atoms with Crippen LogP contribution >= 0.6 is 23.2 Å². The molecule has 0 unspecified atom stereocenters. The number of cyclic esters (lactones) is 1. The molecule has 0 amide bonds. The van der Waals surface area contributed by atoms with E-state index >= 15 is 0 Å². The van der Waals surface area contributed by atoms with Crippen LogP contribution in [0.2, 0.25) is 10.0 Å². The molecule has 3 aromatic rings. The number of benzene rings is 3. The fourth-order valence-electron chi connectivity index (χ4n) is 2.93. The quantitative estimate of drug-likeness (QED) is 0.432. The first kappa shape index (κ1) is 17.6. The molecule has 4 rings (SSSR count). The standard InChI is InChI=1S/C21H13Cl2NO3/c1-26-19-9-6-12-4-2-3-5-14(12)16(19)11-18-21(25)27-20(24-18)15-8-7-13(22)10-17(15)23/h2-11H,1H3/b18-11+. The van der Waals surface area contributed by atoms with Crippen molar-refractivity contribution in [3.05, 3.63) is 81.5 Å². The number of ether oxygens (including phenoxy) is 2. The molecule has 0 radical (unpaired) electrons. The minimum atomic E-state index is -0.550. The summed E-state index contributed by atoms with van der Waals surface area (Å²) in [5.41, 5.74) is 1.43. The summed E-state index contributed by atoms with van der Waals surface area (Å²) in [5.74, 6) is 0.236. The Hall–Kier alpha value is -2.82. The number of nitrogens with zero attached hydrogens (tertiary/aromatic N) is 1. The van der Waals surface area contributed by atoms with Gasteiger partial charge in [0.1, 0.15) is 5.75 Å². The molecule has 0 aliphatic carbocycles. The third kappa shape index (κ3) is 3.29. The molecule has 0 aromatic heterocycles. The van der Waals surface area contributed by atoms with Gasteiger partial charge in [0.15, 0.2) is 5.70 Å². The van der Waals surface area contributed by atoms with E-state index in [-0.39, 0.29) is 11.6 Å². The van der Waals surface area contributed by atoms with Crippen molar-refractivity contribution in [2.45, 2.75) is 0 Å². The van der Waals surface area contributed by atoms with Crippen molar-refractivity contribution in [2.24, 2.45) is 4.99 Å². The summed E-state index contributed by atoms with van der Waals surface area (Å²) < 4.78 is 10.8. The Balaban J connectivity index is 1.84. The second-order valence-electron chi connectivity index (χ2n) is 5.86. The van der Waals surface area contributed by atoms with Crippen molar-refractivity contribution < 1.29 is 14.3 Å². The van der Waals surface area contributed by atoms with Gasteiger partial charge in [0.25, 0.3) is 0 Å². The number of carbonyl (C=O) groups excluding carboxylic acids is 1. The van der Waals surface area contributed by atoms with Gasteiger partial charge in [-0.15, -0.1) is 0 Å². The predicted octanol–water partition coefficient (Wildman–Crippen LogP) is 5.50. The van der Waals surface area contributed by atoms with Crippen molar-refractivity contribution in [2.75, 3.05) is 7.11 Å². The third-order valence-electron chi connectivity index (χ3n) is 4.21. The van der Waals surface area contributed by atoms with Crippen LogP contribution in [0.3, 0.4) is 0 Å². The highest BCUT2D eigenvalue weighted by atomic mass is 35.5. The topological polar surface area (TPSA) is 47.9 Å². The first-order valence-corrected chi connectivity index (χ1v) is 8.86. The first-order chi connectivity index (χ1) is 13.1. The van der Waals surface area contributed by atoms with Crippen LogP contribution in [0, 0.1) is 0 Å². The van der Waals surface area contributed by atoms with Crippen LogP contribution in [0.5, 0.6) is 5.75 Å². The molecule has 0 N–H and O–H groups in total. The van der Waals surface area contributed by atoms with Crippen molar-refractivity contribution in [3.63, 3.8) is 0 Å². The summed E-state index contributed by atoms with van der Waals surface area (Å²) in [6, 6.07) is 16.6. The monoisotopic (exact) mass is 397 g/mol. The number of carbonyl (C=O) groups is 1. The van der Waals surface area contributed by atoms with Crippen molar-refractivity contribution in [1.82, 2.24) is 0 Å². The van der Waals surface area contributed by atoms with E-state index in [1.54, 1.807) is 31.4 Å². The van der Waals surface area contributed by atoms with Gasteiger partial charge in [0.2, 0.25) is 5.90 Å². The van der Waals surface area contributed by atoms with Crippen LogP contribution in [0.1, 0.15) is 11.1 Å². The van der Waals surface area contributed by atoms with Crippen LogP contribution in [-0.2, 0) is 9.53 Å². The van der Waals surface area contributed by atoms with E-state index in [2.05, 4.69) is 4.99 Å². The SMILES string of the molecule is COc1ccc2ccccc2c1/C=C1/N=C(c2ccc(Cl)cc2Cl)OC1=O. The maximum Gasteiger partial charge on any atom is 0.363 e. The summed E-state index contributed by atoms with van der Waals surface area (Å²) >= 11 is 12.1. The lowest BCUT2D eigenvalue weighted by atomic mass is 10.0. The van der Waals surface area contributed by atoms with Gasteiger partial charge in [-0.1, -0.05) is 53.5 Å². The first-order valence-electron chi connectivity index (χ1n) is 8.10. The number of fused-ring (bicyclic) bond motifs is 1. The summed E-state index contributed by atoms with van der Waals surface area (Å²) in [4.78, 5) is 16.7. The van der Waals surface area contributed by atoms with Crippen LogP contribution in [0.4, 0.5) is 0 Å². The third-order valence-corrected chi connectivity index (χ3v) is 4.76. The van der Waals surface area contributed by atoms with Gasteiger partial charge in [-0.3, -0.25) is 0 Å². The predicted molar refractivity (Wildman–Crippen MR) is 108 cm³/mol. The molecule has 27 heavy (non-hydrogen) atoms. The molecule has 0 saturated heterocycles. The zero-order valence-corrected chi connectivity index (χ0v) is 15.7. The Bertz CT molecular complexity index is 1140. The highest BCUT2D eigenvalue weighted by molar-refractivity contribution is 6.37. The summed E-state index contributed by atoms with van der Waals surface area (Å²) in [5, 5.41) is 2.83. The fraction of sp³-hybridized carbons (Fsp3) is 0.0476. The van der Waals surface area contributed by atoms with Crippen molar-refractivity contribution in [3.8, 4) is 5.75 Å². The number of methoxy groups -OCH3 is 1. The zero-order chi connectivity index (χ0) is 19.0. The van der Waals surface area contributed by atoms with Crippen molar-refractivity contribution >= 4 is 51.9 Å². The van der Waals surface area contributed by atoms with Gasteiger partial charge >= 0.3 is 5.97 Å². The maximum atomic E-state index is 12.4. The van der Waals surface area contributed by atoms with Crippen LogP contribution in [-0.4, -0.2) is 19.0 Å². The molecule has 0 spiro atoms. The highest BCUT2D eigenvalue weighted by Gasteiger charge is 2.26. The Morgan fingerprint density at radius 3 is 2.67 bits per heavy atom. The number of hydrogen-bond donors (Lipinski definition) is 0. The van der Waals surface area contributed by atoms with Crippen LogP contribution in [0.25, 0.3) is 16.8 Å². The summed E-state index contributed by atoms with van der Waals surface area (Å²) in [6.45, 7) is 0. The van der Waals surface area contributed by atoms with E-state index in [0.717, 1.165) is 16.3 Å². The molecular formula is C21H13Cl2NO3. The maximum absolute atomic E-state index is 12.4. The molecule has 1 heterocycles. The minimum Gasteiger partial charge on any atom is -0.496 e. The molecule has 134 valence electrons. The Morgan fingerprint density at radius 2 is 1.89 bits per heavy atom. The van der Waals surface area contributed by atoms with E-state index in [9.17, 15) is 4.79 Å². The molecule has 0 bridgehead atoms. The lowest BCUT2D eigenvalue weighted by Crippen LogP contribution is -2.06. The largest absolute Gasteiger partial charge is 0.496 e. The summed E-state index contributed by atoms with van der Waals surface area (Å²) in [6.07, 6.45) is 1.67. The summed E-state index contributed by atoms with van der Waals surface area (Å²) in [7, 11) is 1.58. The van der Waals surface area contributed by atoms with Crippen LogP contribution in [0.15, 0.2) is 65.3 Å². The Morgan fingerprint density at radius 1 is 1.07 bits per heavy atom. The van der Waals surface area contributed by atoms with Crippen molar-refractivity contribution in [1.29, 1.82) is 0 Å². The Kier molecular flexibility index (Phi) is 4.60. The zero-order valence-electron chi connectivity index (χ0n) is 14.2. The number of hydrogen-bond acceptors (Lipinski definition) is 4. The van der Waals surface area contributed by atoms with Gasteiger partial charge in [-0.2, -0.15) is 0 Å². The molecule has 6 heteroatoms. The lowest BCUT2D eigenvalue weighted by Gasteiger charge is -2.08. The molecule has 0 atom stereocenters. The highest BCUT2D eigenvalue weighted by Crippen LogP contribution is 2.32. The molecule has 1 aliphatic heterocycles. The number of rotatable bonds is 3. The second-order valence-corrected chi connectivity index (χ2v) is 6.71. The average Bonchev–Trinajstić information content (AvgIpc) is 3.02. The lowest BCUT2D eigenvalue weighted by molar-refractivity contribution is -0.129. The molecule has 0 fully saturated rings. The molecule has 1 aliphatic rings. The Labute approximate surface area is 165 Å². The minimum absolute atomic E-state index is 0.145. The van der Waals surface area contributed by atoms with Gasteiger partial charge in [0, 0.05) is 10.6 Å². The number of halogens is 2. The fourth-order valence-corrected chi connectivity index (χ4v) is 3.42. The van der Waals surface area contributed by atoms with E-state index in [1.165, 1.54) is 0 Å². The van der Waals surface area contributed by atoms with E-state index in [4.69, 9.17) is 32.7 Å². The number of esters is 1. The molecule has 0 saturated carbocycles. The van der Waals surface area contributed by atoms with E-state index < -0.39 is 5.97 Å². The van der Waals surface area contributed by atoms with E-state index in [1.807, 2.05) is 36.4 Å². The second kappa shape index (κ2) is 7.06. The molecule has 3 aromatic carbocycles. The molecule has 4 nitrogen and oxygen atoms in total. The number of aliphatic imine (C=N–C) groups is 1. The smallest absolute Gasteiger partial charge is 0.363 e. The van der Waals surface area contributed by atoms with E-state index in [0.29, 0.717) is 21.4 Å². The average molecular weight is 398 g/mol. The normalized spacial score (nSPS) is 15.1. The molecular weight excluding hydrogens is 385 g/mol. The van der Waals surface area contributed by atoms with Crippen LogP contribution < -0.4 is 4.74 Å².